The summed E-state index contributed by atoms with van der Waals surface area (Å²) in [5.74, 6) is -1.22. The summed E-state index contributed by atoms with van der Waals surface area (Å²) < 4.78 is 58.2. The average Bonchev–Trinajstić information content (AvgIpc) is 3.50. The number of likely N-dealkylation sites (N-methyl/N-ethyl adjacent to an activating group) is 1. The van der Waals surface area contributed by atoms with Crippen molar-refractivity contribution in [2.75, 3.05) is 20.6 Å². The zero-order chi connectivity index (χ0) is 26.2. The summed E-state index contributed by atoms with van der Waals surface area (Å²) in [6, 6.07) is 6.85. The van der Waals surface area contributed by atoms with Crippen LogP contribution in [0.2, 0.25) is 0 Å². The molecule has 6 nitrogen and oxygen atoms in total. The number of amides is 1. The molecule has 1 aliphatic heterocycles. The number of carbonyl (C=O) groups excluding carboxylic acids is 1. The van der Waals surface area contributed by atoms with Gasteiger partial charge in [0.05, 0.1) is 12.6 Å². The minimum Gasteiger partial charge on any atom is -0.323 e. The van der Waals surface area contributed by atoms with E-state index in [1.807, 2.05) is 19.0 Å². The fourth-order valence-corrected chi connectivity index (χ4v) is 5.29. The highest BCUT2D eigenvalue weighted by Crippen LogP contribution is 2.47. The second-order valence-corrected chi connectivity index (χ2v) is 9.72. The van der Waals surface area contributed by atoms with E-state index in [9.17, 15) is 23.2 Å². The van der Waals surface area contributed by atoms with E-state index in [4.69, 9.17) is 0 Å². The molecule has 0 saturated heterocycles. The summed E-state index contributed by atoms with van der Waals surface area (Å²) in [5, 5.41) is 13.0. The van der Waals surface area contributed by atoms with Crippen molar-refractivity contribution in [3.8, 4) is 17.2 Å². The number of aromatic nitrogens is 2. The lowest BCUT2D eigenvalue weighted by Gasteiger charge is -2.27. The number of rotatable bonds is 6. The van der Waals surface area contributed by atoms with Crippen LogP contribution in [0, 0.1) is 17.1 Å². The summed E-state index contributed by atoms with van der Waals surface area (Å²) in [5.41, 5.74) is -1.04. The van der Waals surface area contributed by atoms with Crippen LogP contribution in [0.3, 0.4) is 0 Å². The molecule has 1 amide bonds. The molecular weight excluding hydrogens is 494 g/mol. The predicted octanol–water partition coefficient (Wildman–Crippen LogP) is 5.21. The van der Waals surface area contributed by atoms with Crippen LogP contribution in [0.1, 0.15) is 39.5 Å². The molecule has 1 aliphatic rings. The van der Waals surface area contributed by atoms with Gasteiger partial charge >= 0.3 is 6.18 Å². The third kappa shape index (κ3) is 4.79. The van der Waals surface area contributed by atoms with Crippen molar-refractivity contribution >= 4 is 17.2 Å². The maximum atomic E-state index is 15.4. The number of fused-ring (bicyclic) bond motifs is 1. The molecule has 0 radical (unpaired) electrons. The highest BCUT2D eigenvalue weighted by Gasteiger charge is 2.42. The zero-order valence-corrected chi connectivity index (χ0v) is 20.6. The molecule has 3 aromatic rings. The van der Waals surface area contributed by atoms with Gasteiger partial charge in [-0.2, -0.15) is 23.5 Å². The molecule has 4 rings (SSSR count). The summed E-state index contributed by atoms with van der Waals surface area (Å²) in [4.78, 5) is 17.7. The Balaban J connectivity index is 1.91. The Morgan fingerprint density at radius 1 is 1.33 bits per heavy atom. The third-order valence-corrected chi connectivity index (χ3v) is 6.89. The van der Waals surface area contributed by atoms with E-state index >= 15 is 4.39 Å². The molecule has 0 aliphatic carbocycles. The summed E-state index contributed by atoms with van der Waals surface area (Å²) in [7, 11) is 3.70. The van der Waals surface area contributed by atoms with Crippen LogP contribution in [0.15, 0.2) is 42.6 Å². The molecule has 1 atom stereocenters. The number of halogens is 4. The number of benzene rings is 1. The monoisotopic (exact) mass is 517 g/mol. The molecular formula is C25H23F4N5OS. The number of nitrogens with zero attached hydrogens (tertiary/aromatic N) is 5. The van der Waals surface area contributed by atoms with Gasteiger partial charge in [-0.3, -0.25) is 9.48 Å². The minimum absolute atomic E-state index is 0.161. The highest BCUT2D eigenvalue weighted by atomic mass is 32.1. The Bertz CT molecular complexity index is 1370. The Kier molecular flexibility index (Phi) is 7.02. The first-order chi connectivity index (χ1) is 17.0. The molecule has 1 unspecified atom stereocenters. The number of hydrogen-bond acceptors (Lipinski definition) is 5. The summed E-state index contributed by atoms with van der Waals surface area (Å²) in [6.07, 6.45) is -0.537. The first-order valence-electron chi connectivity index (χ1n) is 11.1. The van der Waals surface area contributed by atoms with Crippen LogP contribution in [0.5, 0.6) is 0 Å². The Morgan fingerprint density at radius 3 is 2.72 bits per heavy atom. The first kappa shape index (κ1) is 25.6. The zero-order valence-electron chi connectivity index (χ0n) is 19.8. The molecule has 0 bridgehead atoms. The molecule has 2 aromatic heterocycles. The fraction of sp³-hybridized carbons (Fsp3) is 0.320. The van der Waals surface area contributed by atoms with Gasteiger partial charge in [0, 0.05) is 41.4 Å². The maximum absolute atomic E-state index is 15.4. The average molecular weight is 518 g/mol. The molecule has 0 fully saturated rings. The third-order valence-electron chi connectivity index (χ3n) is 5.85. The molecule has 1 aromatic carbocycles. The Hall–Kier alpha value is -3.49. The molecule has 0 N–H and O–H groups in total. The van der Waals surface area contributed by atoms with E-state index in [2.05, 4.69) is 11.2 Å². The van der Waals surface area contributed by atoms with E-state index in [1.165, 1.54) is 40.6 Å². The van der Waals surface area contributed by atoms with E-state index < -0.39 is 29.3 Å². The predicted molar refractivity (Wildman–Crippen MR) is 127 cm³/mol. The van der Waals surface area contributed by atoms with Gasteiger partial charge in [0.1, 0.15) is 16.8 Å². The van der Waals surface area contributed by atoms with Crippen molar-refractivity contribution < 1.29 is 22.4 Å². The number of nitriles is 1. The van der Waals surface area contributed by atoms with Crippen LogP contribution < -0.4 is 0 Å². The minimum atomic E-state index is -4.81. The molecule has 0 saturated carbocycles. The van der Waals surface area contributed by atoms with Crippen molar-refractivity contribution in [2.24, 2.45) is 0 Å². The van der Waals surface area contributed by atoms with Crippen molar-refractivity contribution in [3.05, 3.63) is 75.0 Å². The lowest BCUT2D eigenvalue weighted by atomic mass is 9.91. The van der Waals surface area contributed by atoms with Gasteiger partial charge in [0.25, 0.3) is 0 Å². The normalized spacial score (nSPS) is 15.6. The van der Waals surface area contributed by atoms with Crippen molar-refractivity contribution in [1.29, 1.82) is 5.26 Å². The molecule has 188 valence electrons. The smallest absolute Gasteiger partial charge is 0.323 e. The van der Waals surface area contributed by atoms with Gasteiger partial charge in [-0.05, 0) is 44.3 Å². The van der Waals surface area contributed by atoms with Crippen molar-refractivity contribution in [2.45, 2.75) is 32.2 Å². The first-order valence-corrected chi connectivity index (χ1v) is 11.9. The molecule has 0 spiro atoms. The SMILES string of the molecule is CCn1cc(-c2c(F)cccc2C2c3cc(C#N)sc3CN2C(=O)C=CCN(C)C)c(C(F)(F)F)n1. The molecule has 36 heavy (non-hydrogen) atoms. The molecule has 3 heterocycles. The standard InChI is InChI=1S/C25H23F4N5OS/c1-4-33-13-18(24(31-33)25(27,28)29)22-16(7-5-8-19(22)26)23-17-11-15(12-30)36-20(17)14-34(23)21(35)9-6-10-32(2)3/h5-9,11,13,23H,4,10,14H2,1-3H3. The highest BCUT2D eigenvalue weighted by molar-refractivity contribution is 7.12. The second-order valence-electron chi connectivity index (χ2n) is 8.58. The summed E-state index contributed by atoms with van der Waals surface area (Å²) in [6.45, 7) is 2.48. The van der Waals surface area contributed by atoms with Crippen LogP contribution in [-0.2, 0) is 24.1 Å². The fourth-order valence-electron chi connectivity index (χ4n) is 4.30. The van der Waals surface area contributed by atoms with E-state index in [0.717, 1.165) is 15.6 Å². The van der Waals surface area contributed by atoms with E-state index in [0.29, 0.717) is 17.0 Å². The van der Waals surface area contributed by atoms with Gasteiger partial charge in [0.2, 0.25) is 5.91 Å². The number of thiophene rings is 1. The molecule has 11 heteroatoms. The van der Waals surface area contributed by atoms with Crippen LogP contribution in [0.25, 0.3) is 11.1 Å². The van der Waals surface area contributed by atoms with Crippen LogP contribution >= 0.6 is 11.3 Å². The van der Waals surface area contributed by atoms with Crippen LogP contribution in [-0.4, -0.2) is 46.1 Å². The largest absolute Gasteiger partial charge is 0.435 e. The van der Waals surface area contributed by atoms with Crippen molar-refractivity contribution in [1.82, 2.24) is 19.6 Å². The number of alkyl halides is 3. The van der Waals surface area contributed by atoms with Gasteiger partial charge in [-0.15, -0.1) is 11.3 Å². The topological polar surface area (TPSA) is 65.2 Å². The van der Waals surface area contributed by atoms with Crippen LogP contribution in [0.4, 0.5) is 17.6 Å². The van der Waals surface area contributed by atoms with Gasteiger partial charge in [-0.1, -0.05) is 18.2 Å². The maximum Gasteiger partial charge on any atom is 0.435 e. The second kappa shape index (κ2) is 9.87. The lowest BCUT2D eigenvalue weighted by molar-refractivity contribution is -0.141. The summed E-state index contributed by atoms with van der Waals surface area (Å²) >= 11 is 1.21. The quantitative estimate of drug-likeness (QED) is 0.333. The number of carbonyl (C=O) groups is 1. The van der Waals surface area contributed by atoms with Crippen molar-refractivity contribution in [3.63, 3.8) is 0 Å². The van der Waals surface area contributed by atoms with Gasteiger partial charge in [-0.25, -0.2) is 4.39 Å². The lowest BCUT2D eigenvalue weighted by Crippen LogP contribution is -2.29. The Morgan fingerprint density at radius 2 is 2.08 bits per heavy atom. The number of hydrogen-bond donors (Lipinski definition) is 0. The van der Waals surface area contributed by atoms with Gasteiger partial charge in [0.15, 0.2) is 5.69 Å². The number of aryl methyl sites for hydroxylation is 1. The van der Waals surface area contributed by atoms with E-state index in [1.54, 1.807) is 19.1 Å². The van der Waals surface area contributed by atoms with Gasteiger partial charge < -0.3 is 9.80 Å². The Labute approximate surface area is 209 Å². The van der Waals surface area contributed by atoms with E-state index in [-0.39, 0.29) is 30.1 Å².